The van der Waals surface area contributed by atoms with Crippen molar-refractivity contribution in [2.75, 3.05) is 20.1 Å². The number of nitrogens with zero attached hydrogens (tertiary/aromatic N) is 2. The Morgan fingerprint density at radius 3 is 2.61 bits per heavy atom. The molecule has 3 rings (SSSR count). The lowest BCUT2D eigenvalue weighted by Gasteiger charge is -2.30. The number of hydrogen-bond acceptors (Lipinski definition) is 4. The van der Waals surface area contributed by atoms with Crippen LogP contribution in [-0.4, -0.2) is 51.8 Å². The maximum absolute atomic E-state index is 13.1. The molecule has 0 unspecified atom stereocenters. The summed E-state index contributed by atoms with van der Waals surface area (Å²) in [4.78, 5) is 43.2. The minimum absolute atomic E-state index is 0.0449. The van der Waals surface area contributed by atoms with Gasteiger partial charge in [0.25, 0.3) is 17.4 Å². The molecule has 1 aliphatic rings. The summed E-state index contributed by atoms with van der Waals surface area (Å²) in [5.41, 5.74) is 0.116. The molecule has 0 saturated carbocycles. The van der Waals surface area contributed by atoms with Gasteiger partial charge in [0.1, 0.15) is 11.5 Å². The monoisotopic (exact) mass is 387 g/mol. The number of halogens is 1. The topological polar surface area (TPSA) is 93.7 Å². The van der Waals surface area contributed by atoms with E-state index in [1.165, 1.54) is 21.9 Å². The number of aromatic amines is 1. The van der Waals surface area contributed by atoms with Gasteiger partial charge in [-0.1, -0.05) is 19.1 Å². The second-order valence-corrected chi connectivity index (χ2v) is 6.86. The molecule has 1 aromatic carbocycles. The van der Waals surface area contributed by atoms with Crippen LogP contribution in [0.2, 0.25) is 0 Å². The lowest BCUT2D eigenvalue weighted by molar-refractivity contribution is 0.0720. The van der Waals surface area contributed by atoms with Gasteiger partial charge in [-0.05, 0) is 36.1 Å². The minimum Gasteiger partial charge on any atom is -0.502 e. The van der Waals surface area contributed by atoms with Gasteiger partial charge in [-0.3, -0.25) is 14.4 Å². The fourth-order valence-electron chi connectivity index (χ4n) is 3.39. The van der Waals surface area contributed by atoms with Crippen LogP contribution >= 0.6 is 0 Å². The zero-order chi connectivity index (χ0) is 20.4. The van der Waals surface area contributed by atoms with Crippen molar-refractivity contribution >= 4 is 11.8 Å². The SMILES string of the molecule is CCCN(C)C(=O)c1[nH]c(=O)c(O)c2c1CCN(Cc1ccc(F)cc1)C2=O. The van der Waals surface area contributed by atoms with E-state index in [1.807, 2.05) is 6.92 Å². The molecule has 2 N–H and O–H groups in total. The van der Waals surface area contributed by atoms with E-state index in [9.17, 15) is 23.9 Å². The zero-order valence-corrected chi connectivity index (χ0v) is 15.8. The molecule has 0 aliphatic carbocycles. The smallest absolute Gasteiger partial charge is 0.291 e. The summed E-state index contributed by atoms with van der Waals surface area (Å²) in [5.74, 6) is -1.97. The molecule has 0 bridgehead atoms. The number of hydrogen-bond donors (Lipinski definition) is 2. The molecule has 1 aliphatic heterocycles. The van der Waals surface area contributed by atoms with E-state index in [0.717, 1.165) is 12.0 Å². The van der Waals surface area contributed by atoms with Gasteiger partial charge < -0.3 is 19.9 Å². The van der Waals surface area contributed by atoms with E-state index in [4.69, 9.17) is 0 Å². The molecule has 2 aromatic rings. The number of amides is 2. The maximum atomic E-state index is 13.1. The fraction of sp³-hybridized carbons (Fsp3) is 0.350. The quantitative estimate of drug-likeness (QED) is 0.819. The first-order valence-corrected chi connectivity index (χ1v) is 9.10. The van der Waals surface area contributed by atoms with Crippen molar-refractivity contribution in [1.29, 1.82) is 0 Å². The number of aromatic nitrogens is 1. The Hall–Kier alpha value is -3.16. The first-order chi connectivity index (χ1) is 13.3. The first-order valence-electron chi connectivity index (χ1n) is 9.10. The number of benzene rings is 1. The number of carbonyl (C=O) groups is 2. The Kier molecular flexibility index (Phi) is 5.48. The van der Waals surface area contributed by atoms with Gasteiger partial charge in [0.15, 0.2) is 5.75 Å². The molecule has 8 heteroatoms. The molecular formula is C20H22FN3O4. The highest BCUT2D eigenvalue weighted by molar-refractivity contribution is 6.03. The number of fused-ring (bicyclic) bond motifs is 1. The molecule has 0 atom stereocenters. The van der Waals surface area contributed by atoms with Crippen LogP contribution in [0.4, 0.5) is 4.39 Å². The summed E-state index contributed by atoms with van der Waals surface area (Å²) in [6.45, 7) is 2.95. The third-order valence-electron chi connectivity index (χ3n) is 4.83. The number of pyridine rings is 1. The number of H-pyrrole nitrogens is 1. The molecule has 0 spiro atoms. The Balaban J connectivity index is 1.97. The van der Waals surface area contributed by atoms with Gasteiger partial charge in [0.05, 0.1) is 5.56 Å². The molecule has 1 aromatic heterocycles. The van der Waals surface area contributed by atoms with Crippen molar-refractivity contribution in [2.24, 2.45) is 0 Å². The van der Waals surface area contributed by atoms with Crippen LogP contribution in [0, 0.1) is 5.82 Å². The average molecular weight is 387 g/mol. The third kappa shape index (κ3) is 3.62. The molecule has 2 amide bonds. The predicted molar refractivity (Wildman–Crippen MR) is 101 cm³/mol. The van der Waals surface area contributed by atoms with E-state index in [2.05, 4.69) is 4.98 Å². The third-order valence-corrected chi connectivity index (χ3v) is 4.83. The summed E-state index contributed by atoms with van der Waals surface area (Å²) in [5, 5.41) is 10.2. The molecular weight excluding hydrogens is 365 g/mol. The highest BCUT2D eigenvalue weighted by atomic mass is 19.1. The number of nitrogens with one attached hydrogen (secondary N) is 1. The van der Waals surface area contributed by atoms with Crippen molar-refractivity contribution < 1.29 is 19.1 Å². The van der Waals surface area contributed by atoms with E-state index in [-0.39, 0.29) is 23.6 Å². The second-order valence-electron chi connectivity index (χ2n) is 6.86. The second kappa shape index (κ2) is 7.84. The van der Waals surface area contributed by atoms with E-state index >= 15 is 0 Å². The fourth-order valence-corrected chi connectivity index (χ4v) is 3.39. The first kappa shape index (κ1) is 19.6. The van der Waals surface area contributed by atoms with Crippen molar-refractivity contribution in [3.63, 3.8) is 0 Å². The standard InChI is InChI=1S/C20H22FN3O4/c1-3-9-23(2)20(28)16-14-8-10-24(11-12-4-6-13(21)7-5-12)19(27)15(14)17(25)18(26)22-16/h4-7,25H,3,8-11H2,1-2H3,(H,22,26). The average Bonchev–Trinajstić information content (AvgIpc) is 2.67. The van der Waals surface area contributed by atoms with E-state index < -0.39 is 23.1 Å². The predicted octanol–water partition coefficient (Wildman–Crippen LogP) is 1.90. The van der Waals surface area contributed by atoms with Crippen LogP contribution in [0.1, 0.15) is 45.3 Å². The minimum atomic E-state index is -0.871. The molecule has 0 radical (unpaired) electrons. The van der Waals surface area contributed by atoms with Gasteiger partial charge in [0.2, 0.25) is 0 Å². The van der Waals surface area contributed by atoms with Crippen LogP contribution in [0.15, 0.2) is 29.1 Å². The molecule has 0 fully saturated rings. The Morgan fingerprint density at radius 2 is 1.96 bits per heavy atom. The van der Waals surface area contributed by atoms with Crippen LogP contribution in [-0.2, 0) is 13.0 Å². The summed E-state index contributed by atoms with van der Waals surface area (Å²) in [6.07, 6.45) is 1.06. The van der Waals surface area contributed by atoms with Gasteiger partial charge in [-0.2, -0.15) is 0 Å². The van der Waals surface area contributed by atoms with Crippen molar-refractivity contribution in [2.45, 2.75) is 26.3 Å². The summed E-state index contributed by atoms with van der Waals surface area (Å²) < 4.78 is 13.1. The zero-order valence-electron chi connectivity index (χ0n) is 15.8. The molecule has 28 heavy (non-hydrogen) atoms. The van der Waals surface area contributed by atoms with Crippen LogP contribution < -0.4 is 5.56 Å². The number of aromatic hydroxyl groups is 1. The number of carbonyl (C=O) groups excluding carboxylic acids is 2. The highest BCUT2D eigenvalue weighted by Crippen LogP contribution is 2.28. The summed E-state index contributed by atoms with van der Waals surface area (Å²) in [7, 11) is 1.62. The lowest BCUT2D eigenvalue weighted by atomic mass is 9.95. The maximum Gasteiger partial charge on any atom is 0.291 e. The Bertz CT molecular complexity index is 969. The molecule has 0 saturated heterocycles. The van der Waals surface area contributed by atoms with Gasteiger partial charge in [-0.15, -0.1) is 0 Å². The van der Waals surface area contributed by atoms with Crippen molar-refractivity contribution in [1.82, 2.24) is 14.8 Å². The van der Waals surface area contributed by atoms with Crippen molar-refractivity contribution in [3.05, 3.63) is 62.8 Å². The van der Waals surface area contributed by atoms with Crippen molar-refractivity contribution in [3.8, 4) is 5.75 Å². The molecule has 148 valence electrons. The van der Waals surface area contributed by atoms with Crippen LogP contribution in [0.3, 0.4) is 0 Å². The van der Waals surface area contributed by atoms with E-state index in [0.29, 0.717) is 25.1 Å². The summed E-state index contributed by atoms with van der Waals surface area (Å²) >= 11 is 0. The number of rotatable bonds is 5. The van der Waals surface area contributed by atoms with Crippen LogP contribution in [0.25, 0.3) is 0 Å². The van der Waals surface area contributed by atoms with Gasteiger partial charge in [-0.25, -0.2) is 4.39 Å². The largest absolute Gasteiger partial charge is 0.502 e. The summed E-state index contributed by atoms with van der Waals surface area (Å²) in [6, 6.07) is 5.76. The van der Waals surface area contributed by atoms with Gasteiger partial charge in [0, 0.05) is 26.7 Å². The lowest BCUT2D eigenvalue weighted by Crippen LogP contribution is -2.40. The highest BCUT2D eigenvalue weighted by Gasteiger charge is 2.33. The van der Waals surface area contributed by atoms with Crippen LogP contribution in [0.5, 0.6) is 5.75 Å². The Labute approximate surface area is 161 Å². The molecule has 2 heterocycles. The Morgan fingerprint density at radius 1 is 1.29 bits per heavy atom. The molecule has 7 nitrogen and oxygen atoms in total. The van der Waals surface area contributed by atoms with Gasteiger partial charge >= 0.3 is 0 Å². The van der Waals surface area contributed by atoms with E-state index in [1.54, 1.807) is 19.2 Å². The normalized spacial score (nSPS) is 13.4.